The molecule has 2 unspecified atom stereocenters. The fraction of sp³-hybridized carbons (Fsp3) is 0.818. The van der Waals surface area contributed by atoms with Gasteiger partial charge in [-0.15, -0.1) is 23.5 Å². The van der Waals surface area contributed by atoms with Crippen molar-refractivity contribution in [2.75, 3.05) is 31.1 Å². The van der Waals surface area contributed by atoms with Crippen molar-refractivity contribution in [3.63, 3.8) is 0 Å². The van der Waals surface area contributed by atoms with Crippen LogP contribution in [0.1, 0.15) is 19.3 Å². The Morgan fingerprint density at radius 1 is 1.14 bits per heavy atom. The summed E-state index contributed by atoms with van der Waals surface area (Å²) in [6, 6.07) is 0. The predicted octanol–water partition coefficient (Wildman–Crippen LogP) is 2.79. The van der Waals surface area contributed by atoms with E-state index in [1.807, 2.05) is 0 Å². The van der Waals surface area contributed by atoms with E-state index in [1.54, 1.807) is 9.81 Å². The van der Waals surface area contributed by atoms with Crippen LogP contribution >= 0.6 is 23.5 Å². The molecule has 3 heterocycles. The molecule has 2 atom stereocenters. The van der Waals surface area contributed by atoms with Crippen LogP contribution in [0.2, 0.25) is 0 Å². The highest BCUT2D eigenvalue weighted by Crippen LogP contribution is 2.43. The van der Waals surface area contributed by atoms with Crippen LogP contribution in [0.5, 0.6) is 0 Å². The van der Waals surface area contributed by atoms with Crippen molar-refractivity contribution in [1.82, 2.24) is 4.90 Å². The normalized spacial score (nSPS) is 37.7. The summed E-state index contributed by atoms with van der Waals surface area (Å²) in [7, 11) is 0. The second-order valence-electron chi connectivity index (χ2n) is 4.44. The number of hydrogen-bond donors (Lipinski definition) is 0. The van der Waals surface area contributed by atoms with Gasteiger partial charge < -0.3 is 0 Å². The third-order valence-corrected chi connectivity index (χ3v) is 6.15. The average molecular weight is 227 g/mol. The Labute approximate surface area is 94.7 Å². The fourth-order valence-corrected chi connectivity index (χ4v) is 5.50. The summed E-state index contributed by atoms with van der Waals surface area (Å²) in [4.78, 5) is 2.65. The minimum atomic E-state index is 0.928. The second-order valence-corrected chi connectivity index (χ2v) is 6.91. The standard InChI is InChI=1S/C11H17NS2/c1-3-9-7-12(4-1)8-10(9)11-13-5-2-6-14-11/h9H,1-8H2. The third kappa shape index (κ3) is 1.74. The highest BCUT2D eigenvalue weighted by molar-refractivity contribution is 8.22. The molecule has 0 amide bonds. The van der Waals surface area contributed by atoms with Gasteiger partial charge in [0.2, 0.25) is 0 Å². The van der Waals surface area contributed by atoms with Crippen LogP contribution in [-0.2, 0) is 0 Å². The molecule has 0 saturated carbocycles. The monoisotopic (exact) mass is 227 g/mol. The van der Waals surface area contributed by atoms with E-state index in [4.69, 9.17) is 0 Å². The Kier molecular flexibility index (Phi) is 2.82. The Balaban J connectivity index is 1.82. The molecular formula is C11H17NS2. The molecule has 1 nitrogen and oxygen atoms in total. The summed E-state index contributed by atoms with van der Waals surface area (Å²) < 4.78 is 1.70. The summed E-state index contributed by atoms with van der Waals surface area (Å²) in [6.07, 6.45) is 4.29. The van der Waals surface area contributed by atoms with Crippen LogP contribution in [0.15, 0.2) is 9.81 Å². The molecule has 0 N–H and O–H groups in total. The minimum Gasteiger partial charge on any atom is -0.299 e. The zero-order valence-corrected chi connectivity index (χ0v) is 10.1. The number of hydrogen-bond acceptors (Lipinski definition) is 3. The molecule has 3 heteroatoms. The summed E-state index contributed by atoms with van der Waals surface area (Å²) in [5.74, 6) is 3.65. The highest BCUT2D eigenvalue weighted by Gasteiger charge is 2.33. The predicted molar refractivity (Wildman–Crippen MR) is 65.7 cm³/mol. The van der Waals surface area contributed by atoms with Gasteiger partial charge in [0.25, 0.3) is 0 Å². The van der Waals surface area contributed by atoms with Crippen molar-refractivity contribution in [3.8, 4) is 0 Å². The lowest BCUT2D eigenvalue weighted by Crippen LogP contribution is -2.25. The molecule has 0 aromatic rings. The molecule has 3 aliphatic rings. The Morgan fingerprint density at radius 3 is 2.79 bits per heavy atom. The number of fused-ring (bicyclic) bond motifs is 2. The van der Waals surface area contributed by atoms with Crippen LogP contribution in [0, 0.1) is 5.92 Å². The van der Waals surface area contributed by atoms with Gasteiger partial charge >= 0.3 is 0 Å². The van der Waals surface area contributed by atoms with E-state index in [9.17, 15) is 0 Å². The van der Waals surface area contributed by atoms with E-state index in [0.717, 1.165) is 5.92 Å². The maximum Gasteiger partial charge on any atom is 0.0409 e. The number of piperidine rings is 1. The van der Waals surface area contributed by atoms with Crippen molar-refractivity contribution in [3.05, 3.63) is 9.81 Å². The van der Waals surface area contributed by atoms with Gasteiger partial charge in [-0.05, 0) is 48.8 Å². The van der Waals surface area contributed by atoms with Gasteiger partial charge in [-0.25, -0.2) is 0 Å². The van der Waals surface area contributed by atoms with Gasteiger partial charge in [0.05, 0.1) is 0 Å². The molecular weight excluding hydrogens is 210 g/mol. The van der Waals surface area contributed by atoms with Crippen molar-refractivity contribution in [1.29, 1.82) is 0 Å². The lowest BCUT2D eigenvalue weighted by Gasteiger charge is -2.21. The first-order valence-corrected chi connectivity index (χ1v) is 7.61. The van der Waals surface area contributed by atoms with Crippen LogP contribution < -0.4 is 0 Å². The molecule has 3 aliphatic heterocycles. The fourth-order valence-electron chi connectivity index (χ4n) is 2.70. The molecule has 0 aromatic carbocycles. The summed E-state index contributed by atoms with van der Waals surface area (Å²) in [5, 5.41) is 0. The summed E-state index contributed by atoms with van der Waals surface area (Å²) in [5.41, 5.74) is 1.80. The van der Waals surface area contributed by atoms with Gasteiger partial charge in [0.15, 0.2) is 0 Å². The smallest absolute Gasteiger partial charge is 0.0409 e. The first kappa shape index (κ1) is 9.61. The van der Waals surface area contributed by atoms with Crippen LogP contribution in [0.4, 0.5) is 0 Å². The first-order valence-electron chi connectivity index (χ1n) is 5.64. The largest absolute Gasteiger partial charge is 0.299 e. The SMILES string of the molecule is C1CSC(=C2CN3CCCC2C3)SC1. The molecule has 3 fully saturated rings. The van der Waals surface area contributed by atoms with Gasteiger partial charge in [-0.2, -0.15) is 0 Å². The van der Waals surface area contributed by atoms with Crippen LogP contribution in [0.25, 0.3) is 0 Å². The van der Waals surface area contributed by atoms with Crippen molar-refractivity contribution in [2.45, 2.75) is 19.3 Å². The molecule has 2 bridgehead atoms. The van der Waals surface area contributed by atoms with Gasteiger partial charge in [-0.3, -0.25) is 4.90 Å². The van der Waals surface area contributed by atoms with Gasteiger partial charge in [0.1, 0.15) is 0 Å². The van der Waals surface area contributed by atoms with E-state index in [0.29, 0.717) is 0 Å². The van der Waals surface area contributed by atoms with Crippen LogP contribution in [-0.4, -0.2) is 36.0 Å². The van der Waals surface area contributed by atoms with E-state index in [1.165, 1.54) is 50.4 Å². The summed E-state index contributed by atoms with van der Waals surface area (Å²) in [6.45, 7) is 4.00. The van der Waals surface area contributed by atoms with Gasteiger partial charge in [0, 0.05) is 17.3 Å². The molecule has 0 aromatic heterocycles. The molecule has 0 spiro atoms. The number of rotatable bonds is 0. The van der Waals surface area contributed by atoms with E-state index in [-0.39, 0.29) is 0 Å². The molecule has 14 heavy (non-hydrogen) atoms. The first-order chi connectivity index (χ1) is 6.93. The van der Waals surface area contributed by atoms with E-state index < -0.39 is 0 Å². The molecule has 78 valence electrons. The average Bonchev–Trinajstić information content (AvgIpc) is 2.55. The maximum absolute atomic E-state index is 2.65. The van der Waals surface area contributed by atoms with Gasteiger partial charge in [-0.1, -0.05) is 0 Å². The lowest BCUT2D eigenvalue weighted by molar-refractivity contribution is 0.270. The van der Waals surface area contributed by atoms with Crippen molar-refractivity contribution < 1.29 is 0 Å². The second kappa shape index (κ2) is 4.11. The van der Waals surface area contributed by atoms with E-state index in [2.05, 4.69) is 28.4 Å². The zero-order valence-electron chi connectivity index (χ0n) is 8.50. The Hall–Kier alpha value is 0.400. The van der Waals surface area contributed by atoms with Crippen molar-refractivity contribution in [2.24, 2.45) is 5.92 Å². The van der Waals surface area contributed by atoms with Crippen molar-refractivity contribution >= 4 is 23.5 Å². The summed E-state index contributed by atoms with van der Waals surface area (Å²) >= 11 is 4.25. The van der Waals surface area contributed by atoms with Crippen LogP contribution in [0.3, 0.4) is 0 Å². The Morgan fingerprint density at radius 2 is 2.00 bits per heavy atom. The highest BCUT2D eigenvalue weighted by atomic mass is 32.2. The lowest BCUT2D eigenvalue weighted by atomic mass is 9.97. The quantitative estimate of drug-likeness (QED) is 0.626. The topological polar surface area (TPSA) is 3.24 Å². The zero-order chi connectivity index (χ0) is 9.38. The Bertz CT molecular complexity index is 254. The molecule has 0 aliphatic carbocycles. The maximum atomic E-state index is 2.65. The molecule has 0 radical (unpaired) electrons. The number of thioether (sulfide) groups is 2. The third-order valence-electron chi connectivity index (χ3n) is 3.41. The number of nitrogens with zero attached hydrogens (tertiary/aromatic N) is 1. The molecule has 3 saturated heterocycles. The van der Waals surface area contributed by atoms with E-state index >= 15 is 0 Å². The minimum absolute atomic E-state index is 0.928. The molecule has 3 rings (SSSR count).